The summed E-state index contributed by atoms with van der Waals surface area (Å²) in [6.07, 6.45) is 6.54. The number of ether oxygens (including phenoxy) is 1. The second-order valence-electron chi connectivity index (χ2n) is 5.75. The Morgan fingerprint density at radius 1 is 1.32 bits per heavy atom. The van der Waals surface area contributed by atoms with Gasteiger partial charge in [0.05, 0.1) is 23.6 Å². The minimum atomic E-state index is -0.858. The van der Waals surface area contributed by atoms with Gasteiger partial charge in [0.25, 0.3) is 0 Å². The normalized spacial score (nSPS) is 15.1. The molecule has 0 spiro atoms. The lowest BCUT2D eigenvalue weighted by Crippen LogP contribution is -2.13. The molecule has 0 aliphatic heterocycles. The molecule has 1 aliphatic carbocycles. The summed E-state index contributed by atoms with van der Waals surface area (Å²) in [5, 5.41) is 32.5. The molecule has 0 saturated heterocycles. The average molecular weight is 373 g/mol. The van der Waals surface area contributed by atoms with Crippen molar-refractivity contribution in [1.29, 1.82) is 0 Å². The van der Waals surface area contributed by atoms with Gasteiger partial charge in [-0.2, -0.15) is 0 Å². The summed E-state index contributed by atoms with van der Waals surface area (Å²) in [5.74, 6) is -1.12. The number of hydrogen-bond donors (Lipinski definition) is 2. The Morgan fingerprint density at radius 2 is 2.04 bits per heavy atom. The fourth-order valence-electron chi connectivity index (χ4n) is 2.86. The monoisotopic (exact) mass is 373 g/mol. The summed E-state index contributed by atoms with van der Waals surface area (Å²) in [4.78, 5) is 22.4. The van der Waals surface area contributed by atoms with Crippen LogP contribution in [0, 0.1) is 16.0 Å². The van der Waals surface area contributed by atoms with Gasteiger partial charge >= 0.3 is 11.7 Å². The molecule has 1 aromatic carbocycles. The van der Waals surface area contributed by atoms with Gasteiger partial charge in [-0.3, -0.25) is 10.1 Å². The molecule has 9 nitrogen and oxygen atoms in total. The van der Waals surface area contributed by atoms with Crippen LogP contribution in [0.3, 0.4) is 0 Å². The highest BCUT2D eigenvalue weighted by molar-refractivity contribution is 7.94. The molecule has 1 aliphatic rings. The zero-order valence-corrected chi connectivity index (χ0v) is 14.2. The lowest BCUT2D eigenvalue weighted by atomic mass is 9.87. The summed E-state index contributed by atoms with van der Waals surface area (Å²) in [6.45, 7) is 0.185. The van der Waals surface area contributed by atoms with Crippen molar-refractivity contribution < 1.29 is 34.2 Å². The predicted molar refractivity (Wildman–Crippen MR) is 86.9 cm³/mol. The first kappa shape index (κ1) is 19.4. The van der Waals surface area contributed by atoms with Crippen molar-refractivity contribution >= 4 is 23.7 Å². The molecule has 1 aromatic rings. The van der Waals surface area contributed by atoms with Gasteiger partial charge in [-0.05, 0) is 18.4 Å². The van der Waals surface area contributed by atoms with Gasteiger partial charge in [0.15, 0.2) is 0 Å². The van der Waals surface area contributed by atoms with E-state index in [1.54, 1.807) is 0 Å². The molecule has 0 atom stereocenters. The number of rotatable bonds is 8. The van der Waals surface area contributed by atoms with E-state index in [0.29, 0.717) is 18.0 Å². The highest BCUT2D eigenvalue weighted by atomic mass is 32.2. The second-order valence-corrected chi connectivity index (χ2v) is 6.52. The summed E-state index contributed by atoms with van der Waals surface area (Å²) in [6, 6.07) is 2.15. The van der Waals surface area contributed by atoms with Crippen molar-refractivity contribution in [2.24, 2.45) is 5.92 Å². The van der Waals surface area contributed by atoms with Gasteiger partial charge in [-0.25, -0.2) is 10.1 Å². The molecule has 0 amide bonds. The summed E-state index contributed by atoms with van der Waals surface area (Å²) in [7, 11) is 0. The number of nitro benzene ring substituents is 1. The van der Waals surface area contributed by atoms with Crippen LogP contribution in [0.2, 0.25) is 0 Å². The van der Waals surface area contributed by atoms with Crippen LogP contribution in [-0.2, 0) is 14.1 Å². The first-order valence-corrected chi connectivity index (χ1v) is 8.60. The predicted octanol–water partition coefficient (Wildman–Crippen LogP) is 3.86. The topological polar surface area (TPSA) is 128 Å². The van der Waals surface area contributed by atoms with Crippen molar-refractivity contribution in [3.05, 3.63) is 27.8 Å². The molecule has 138 valence electrons. The maximum absolute atomic E-state index is 12.2. The van der Waals surface area contributed by atoms with E-state index in [1.807, 2.05) is 0 Å². The average Bonchev–Trinajstić information content (AvgIpc) is 2.61. The van der Waals surface area contributed by atoms with E-state index in [2.05, 4.69) is 9.37 Å². The SMILES string of the molecule is O=C(OCCC1CCCCC1)c1cc(SOOO)cc([N+](=O)[O-])c1O. The Hall–Kier alpha value is -1.88. The van der Waals surface area contributed by atoms with Gasteiger partial charge in [0.1, 0.15) is 5.56 Å². The first-order chi connectivity index (χ1) is 12.0. The fraction of sp³-hybridized carbons (Fsp3) is 0.533. The van der Waals surface area contributed by atoms with Gasteiger partial charge < -0.3 is 9.84 Å². The zero-order chi connectivity index (χ0) is 18.2. The molecule has 0 bridgehead atoms. The van der Waals surface area contributed by atoms with Crippen molar-refractivity contribution in [1.82, 2.24) is 0 Å². The Balaban J connectivity index is 2.05. The third kappa shape index (κ3) is 5.56. The molecule has 0 unspecified atom stereocenters. The molecule has 2 N–H and O–H groups in total. The first-order valence-electron chi connectivity index (χ1n) is 7.86. The number of esters is 1. The van der Waals surface area contributed by atoms with Gasteiger partial charge in [-0.1, -0.05) is 37.1 Å². The molecule has 10 heteroatoms. The molecule has 0 heterocycles. The molecule has 0 aromatic heterocycles. The maximum atomic E-state index is 12.2. The second kappa shape index (κ2) is 9.56. The Labute approximate surface area is 148 Å². The Morgan fingerprint density at radius 3 is 2.68 bits per heavy atom. The van der Waals surface area contributed by atoms with Crippen LogP contribution in [0.15, 0.2) is 17.0 Å². The van der Waals surface area contributed by atoms with E-state index < -0.39 is 22.3 Å². The molecule has 0 radical (unpaired) electrons. The summed E-state index contributed by atoms with van der Waals surface area (Å²) < 4.78 is 9.36. The van der Waals surface area contributed by atoms with Crippen molar-refractivity contribution in [3.8, 4) is 5.75 Å². The van der Waals surface area contributed by atoms with Crippen molar-refractivity contribution in [2.45, 2.75) is 43.4 Å². The number of benzene rings is 1. The molecular weight excluding hydrogens is 354 g/mol. The number of aromatic hydroxyl groups is 1. The number of carbonyl (C=O) groups is 1. The van der Waals surface area contributed by atoms with Crippen molar-refractivity contribution in [2.75, 3.05) is 6.61 Å². The number of nitrogens with zero attached hydrogens (tertiary/aromatic N) is 1. The van der Waals surface area contributed by atoms with Gasteiger partial charge in [0.2, 0.25) is 5.75 Å². The van der Waals surface area contributed by atoms with Gasteiger partial charge in [0, 0.05) is 11.0 Å². The van der Waals surface area contributed by atoms with Crippen LogP contribution in [-0.4, -0.2) is 27.9 Å². The third-order valence-electron chi connectivity index (χ3n) is 4.12. The van der Waals surface area contributed by atoms with E-state index in [0.717, 1.165) is 31.4 Å². The molecule has 1 saturated carbocycles. The van der Waals surface area contributed by atoms with E-state index in [1.165, 1.54) is 19.3 Å². The number of phenolic OH excluding ortho intramolecular Hbond substituents is 1. The Bertz CT molecular complexity index is 618. The highest BCUT2D eigenvalue weighted by Gasteiger charge is 2.25. The standard InChI is InChI=1S/C15H19NO8S/c17-14-12(8-11(25-24-23-21)9-13(14)16(19)20)15(18)22-7-6-10-4-2-1-3-5-10/h8-10,17,21H,1-7H2. The Kier molecular flexibility index (Phi) is 7.44. The highest BCUT2D eigenvalue weighted by Crippen LogP contribution is 2.36. The quantitative estimate of drug-likeness (QED) is 0.229. The maximum Gasteiger partial charge on any atom is 0.342 e. The number of phenols is 1. The van der Waals surface area contributed by atoms with E-state index >= 15 is 0 Å². The van der Waals surface area contributed by atoms with Crippen LogP contribution >= 0.6 is 12.0 Å². The minimum Gasteiger partial charge on any atom is -0.501 e. The van der Waals surface area contributed by atoms with Crippen LogP contribution in [0.25, 0.3) is 0 Å². The summed E-state index contributed by atoms with van der Waals surface area (Å²) in [5.41, 5.74) is -1.02. The van der Waals surface area contributed by atoms with Crippen LogP contribution in [0.4, 0.5) is 5.69 Å². The van der Waals surface area contributed by atoms with Crippen LogP contribution in [0.1, 0.15) is 48.9 Å². The number of hydrogen-bond acceptors (Lipinski definition) is 9. The summed E-state index contributed by atoms with van der Waals surface area (Å²) >= 11 is 0.443. The van der Waals surface area contributed by atoms with E-state index in [4.69, 9.17) is 9.99 Å². The van der Waals surface area contributed by atoms with Crippen molar-refractivity contribution in [3.63, 3.8) is 0 Å². The fourth-order valence-corrected chi connectivity index (χ4v) is 3.30. The molecule has 2 rings (SSSR count). The van der Waals surface area contributed by atoms with E-state index in [-0.39, 0.29) is 17.1 Å². The molecule has 1 fully saturated rings. The molecular formula is C15H19NO8S. The third-order valence-corrected chi connectivity index (χ3v) is 4.68. The lowest BCUT2D eigenvalue weighted by molar-refractivity contribution is -0.432. The number of nitro groups is 1. The zero-order valence-electron chi connectivity index (χ0n) is 13.4. The smallest absolute Gasteiger partial charge is 0.342 e. The van der Waals surface area contributed by atoms with E-state index in [9.17, 15) is 20.0 Å². The van der Waals surface area contributed by atoms with Crippen LogP contribution < -0.4 is 0 Å². The lowest BCUT2D eigenvalue weighted by Gasteiger charge is -2.21. The minimum absolute atomic E-state index is 0.0813. The largest absolute Gasteiger partial charge is 0.501 e. The molecule has 25 heavy (non-hydrogen) atoms. The van der Waals surface area contributed by atoms with Crippen LogP contribution in [0.5, 0.6) is 5.75 Å². The number of carbonyl (C=O) groups excluding carboxylic acids is 1. The van der Waals surface area contributed by atoms with Gasteiger partial charge in [-0.15, -0.1) is 4.33 Å².